The van der Waals surface area contributed by atoms with E-state index < -0.39 is 0 Å². The first-order valence-electron chi connectivity index (χ1n) is 19.1. The van der Waals surface area contributed by atoms with Gasteiger partial charge in [0.25, 0.3) is 0 Å². The lowest BCUT2D eigenvalue weighted by Crippen LogP contribution is -2.09. The molecule has 0 amide bonds. The fourth-order valence-corrected chi connectivity index (χ4v) is 9.16. The van der Waals surface area contributed by atoms with E-state index in [1.807, 2.05) is 11.3 Å². The average molecular weight is 732 g/mol. The Labute approximate surface area is 332 Å². The van der Waals surface area contributed by atoms with E-state index in [0.717, 1.165) is 17.1 Å². The second-order valence-corrected chi connectivity index (χ2v) is 15.2. The van der Waals surface area contributed by atoms with E-state index >= 15 is 0 Å². The van der Waals surface area contributed by atoms with Crippen molar-refractivity contribution < 1.29 is 0 Å². The van der Waals surface area contributed by atoms with Crippen molar-refractivity contribution in [3.63, 3.8) is 0 Å². The summed E-state index contributed by atoms with van der Waals surface area (Å²) in [5.74, 6) is 0. The van der Waals surface area contributed by atoms with Crippen LogP contribution in [-0.4, -0.2) is 0 Å². The number of nitrogens with zero attached hydrogens (tertiary/aromatic N) is 1. The smallest absolute Gasteiger partial charge is 0.0462 e. The lowest BCUT2D eigenvalue weighted by molar-refractivity contribution is 1.28. The maximum atomic E-state index is 2.35. The van der Waals surface area contributed by atoms with Crippen LogP contribution in [0.2, 0.25) is 0 Å². The van der Waals surface area contributed by atoms with Crippen LogP contribution < -0.4 is 4.90 Å². The third kappa shape index (κ3) is 6.36. The molecule has 1 nitrogen and oxygen atoms in total. The molecule has 0 fully saturated rings. The van der Waals surface area contributed by atoms with Crippen LogP contribution in [0.1, 0.15) is 0 Å². The summed E-state index contributed by atoms with van der Waals surface area (Å²) < 4.78 is 2.66. The van der Waals surface area contributed by atoms with Crippen molar-refractivity contribution in [3.05, 3.63) is 224 Å². The van der Waals surface area contributed by atoms with Crippen molar-refractivity contribution in [2.45, 2.75) is 0 Å². The van der Waals surface area contributed by atoms with Crippen molar-refractivity contribution >= 4 is 48.6 Å². The Hall–Kier alpha value is -7.00. The molecular formula is C54H37NS. The molecule has 1 aromatic heterocycles. The maximum absolute atomic E-state index is 2.35. The zero-order chi connectivity index (χ0) is 37.3. The second-order valence-electron chi connectivity index (χ2n) is 14.1. The van der Waals surface area contributed by atoms with Gasteiger partial charge < -0.3 is 4.90 Å². The molecular weight excluding hydrogens is 695 g/mol. The van der Waals surface area contributed by atoms with Crippen LogP contribution in [0, 0.1) is 0 Å². The Bertz CT molecular complexity index is 2930. The van der Waals surface area contributed by atoms with Gasteiger partial charge in [0.2, 0.25) is 0 Å². The first-order chi connectivity index (χ1) is 27.8. The fourth-order valence-electron chi connectivity index (χ4n) is 7.92. The van der Waals surface area contributed by atoms with E-state index in [1.165, 1.54) is 75.8 Å². The summed E-state index contributed by atoms with van der Waals surface area (Å²) in [6.07, 6.45) is 0. The van der Waals surface area contributed by atoms with Crippen molar-refractivity contribution in [2.75, 3.05) is 4.90 Å². The third-order valence-corrected chi connectivity index (χ3v) is 11.9. The molecule has 9 aromatic carbocycles. The second kappa shape index (κ2) is 14.7. The van der Waals surface area contributed by atoms with E-state index in [4.69, 9.17) is 0 Å². The van der Waals surface area contributed by atoms with Gasteiger partial charge in [-0.3, -0.25) is 0 Å². The summed E-state index contributed by atoms with van der Waals surface area (Å²) in [5, 5.41) is 2.65. The Morgan fingerprint density at radius 3 is 1.32 bits per heavy atom. The number of hydrogen-bond acceptors (Lipinski definition) is 2. The standard InChI is InChI=1S/C54H37NS/c1-3-13-38(14-4-1)39-25-31-45(32-26-39)55(47-35-29-42(30-36-47)49-20-8-7-19-48(49)41-15-5-2-6-16-41)46-33-27-40(28-34-46)43-17-11-18-44(37-43)50-22-12-23-52-51-21-9-10-24-53(51)56-54(50)52/h1-37H. The molecule has 56 heavy (non-hydrogen) atoms. The van der Waals surface area contributed by atoms with Crippen LogP contribution in [0.4, 0.5) is 17.1 Å². The molecule has 1 heterocycles. The highest BCUT2D eigenvalue weighted by molar-refractivity contribution is 7.26. The van der Waals surface area contributed by atoms with Gasteiger partial charge in [-0.1, -0.05) is 176 Å². The lowest BCUT2D eigenvalue weighted by Gasteiger charge is -2.26. The SMILES string of the molecule is c1ccc(-c2ccc(N(c3ccc(-c4cccc(-c5cccc6c5sc5ccccc56)c4)cc3)c3ccc(-c4ccccc4-c4ccccc4)cc3)cc2)cc1. The van der Waals surface area contributed by atoms with Crippen LogP contribution in [0.15, 0.2) is 224 Å². The highest BCUT2D eigenvalue weighted by atomic mass is 32.1. The Morgan fingerprint density at radius 2 is 0.679 bits per heavy atom. The third-order valence-electron chi connectivity index (χ3n) is 10.7. The Kier molecular flexibility index (Phi) is 8.79. The van der Waals surface area contributed by atoms with E-state index in [2.05, 4.69) is 229 Å². The highest BCUT2D eigenvalue weighted by Crippen LogP contribution is 2.42. The summed E-state index contributed by atoms with van der Waals surface area (Å²) in [6.45, 7) is 0. The molecule has 0 radical (unpaired) electrons. The van der Waals surface area contributed by atoms with Crippen molar-refractivity contribution in [2.24, 2.45) is 0 Å². The molecule has 2 heteroatoms. The van der Waals surface area contributed by atoms with Gasteiger partial charge in [-0.15, -0.1) is 11.3 Å². The van der Waals surface area contributed by atoms with Crippen LogP contribution in [0.3, 0.4) is 0 Å². The van der Waals surface area contributed by atoms with Gasteiger partial charge >= 0.3 is 0 Å². The molecule has 0 aliphatic heterocycles. The molecule has 0 N–H and O–H groups in total. The zero-order valence-electron chi connectivity index (χ0n) is 30.7. The molecule has 0 aliphatic rings. The van der Waals surface area contributed by atoms with Gasteiger partial charge in [-0.05, 0) is 104 Å². The minimum Gasteiger partial charge on any atom is -0.311 e. The number of fused-ring (bicyclic) bond motifs is 3. The quantitative estimate of drug-likeness (QED) is 0.150. The van der Waals surface area contributed by atoms with Crippen LogP contribution >= 0.6 is 11.3 Å². The summed E-state index contributed by atoms with van der Waals surface area (Å²) >= 11 is 1.88. The molecule has 264 valence electrons. The predicted octanol–water partition coefficient (Wildman–Crippen LogP) is 15.9. The van der Waals surface area contributed by atoms with Gasteiger partial charge in [-0.25, -0.2) is 0 Å². The van der Waals surface area contributed by atoms with Gasteiger partial charge in [0.1, 0.15) is 0 Å². The maximum Gasteiger partial charge on any atom is 0.0462 e. The molecule has 0 spiro atoms. The molecule has 0 saturated heterocycles. The first-order valence-corrected chi connectivity index (χ1v) is 19.9. The summed E-state index contributed by atoms with van der Waals surface area (Å²) in [6, 6.07) is 81.1. The molecule has 10 aromatic rings. The Balaban J connectivity index is 1.01. The average Bonchev–Trinajstić information content (AvgIpc) is 3.67. The number of benzene rings is 9. The van der Waals surface area contributed by atoms with Crippen molar-refractivity contribution in [1.82, 2.24) is 0 Å². The van der Waals surface area contributed by atoms with Gasteiger partial charge in [0, 0.05) is 37.2 Å². The summed E-state index contributed by atoms with van der Waals surface area (Å²) in [7, 11) is 0. The van der Waals surface area contributed by atoms with Gasteiger partial charge in [0.15, 0.2) is 0 Å². The number of thiophene rings is 1. The number of anilines is 3. The summed E-state index contributed by atoms with van der Waals surface area (Å²) in [5.41, 5.74) is 15.5. The van der Waals surface area contributed by atoms with E-state index in [1.54, 1.807) is 0 Å². The number of rotatable bonds is 8. The van der Waals surface area contributed by atoms with Crippen molar-refractivity contribution in [1.29, 1.82) is 0 Å². The molecule has 0 saturated carbocycles. The monoisotopic (exact) mass is 731 g/mol. The molecule has 0 aliphatic carbocycles. The minimum absolute atomic E-state index is 1.10. The first kappa shape index (κ1) is 33.6. The molecule has 0 atom stereocenters. The van der Waals surface area contributed by atoms with E-state index in [0.29, 0.717) is 0 Å². The van der Waals surface area contributed by atoms with Gasteiger partial charge in [-0.2, -0.15) is 0 Å². The largest absolute Gasteiger partial charge is 0.311 e. The van der Waals surface area contributed by atoms with Crippen LogP contribution in [0.25, 0.3) is 75.8 Å². The van der Waals surface area contributed by atoms with Crippen LogP contribution in [-0.2, 0) is 0 Å². The zero-order valence-corrected chi connectivity index (χ0v) is 31.5. The molecule has 0 bridgehead atoms. The topological polar surface area (TPSA) is 3.24 Å². The fraction of sp³-hybridized carbons (Fsp3) is 0. The van der Waals surface area contributed by atoms with E-state index in [9.17, 15) is 0 Å². The van der Waals surface area contributed by atoms with E-state index in [-0.39, 0.29) is 0 Å². The normalized spacial score (nSPS) is 11.2. The lowest BCUT2D eigenvalue weighted by atomic mass is 9.94. The summed E-state index contributed by atoms with van der Waals surface area (Å²) in [4.78, 5) is 2.35. The minimum atomic E-state index is 1.10. The predicted molar refractivity (Wildman–Crippen MR) is 241 cm³/mol. The van der Waals surface area contributed by atoms with Crippen molar-refractivity contribution in [3.8, 4) is 55.6 Å². The molecule has 0 unspecified atom stereocenters. The van der Waals surface area contributed by atoms with Gasteiger partial charge in [0.05, 0.1) is 0 Å². The van der Waals surface area contributed by atoms with Crippen LogP contribution in [0.5, 0.6) is 0 Å². The molecule has 10 rings (SSSR count). The highest BCUT2D eigenvalue weighted by Gasteiger charge is 2.16. The number of hydrogen-bond donors (Lipinski definition) is 0. The Morgan fingerprint density at radius 1 is 0.268 bits per heavy atom.